The van der Waals surface area contributed by atoms with Crippen molar-refractivity contribution in [3.63, 3.8) is 0 Å². The van der Waals surface area contributed by atoms with Gasteiger partial charge in [0.05, 0.1) is 0 Å². The second-order valence-corrected chi connectivity index (χ2v) is 4.00. The van der Waals surface area contributed by atoms with E-state index in [1.165, 1.54) is 5.56 Å². The molecule has 0 aromatic heterocycles. The lowest BCUT2D eigenvalue weighted by molar-refractivity contribution is 0.0963. The van der Waals surface area contributed by atoms with E-state index >= 15 is 0 Å². The largest absolute Gasteiger partial charge is 0.382 e. The molecule has 0 fully saturated rings. The van der Waals surface area contributed by atoms with Crippen LogP contribution in [0.5, 0.6) is 0 Å². The van der Waals surface area contributed by atoms with Crippen LogP contribution in [0, 0.1) is 0 Å². The van der Waals surface area contributed by atoms with E-state index < -0.39 is 0 Å². The van der Waals surface area contributed by atoms with Crippen LogP contribution in [0.15, 0.2) is 24.3 Å². The van der Waals surface area contributed by atoms with Gasteiger partial charge in [0.1, 0.15) is 0 Å². The van der Waals surface area contributed by atoms with E-state index in [4.69, 9.17) is 4.74 Å². The molecule has 1 amide bonds. The molecule has 0 aliphatic rings. The van der Waals surface area contributed by atoms with Gasteiger partial charge in [-0.3, -0.25) is 4.79 Å². The van der Waals surface area contributed by atoms with Gasteiger partial charge in [0.15, 0.2) is 0 Å². The summed E-state index contributed by atoms with van der Waals surface area (Å²) >= 11 is 0. The van der Waals surface area contributed by atoms with Gasteiger partial charge in [0.25, 0.3) is 5.91 Å². The van der Waals surface area contributed by atoms with Gasteiger partial charge in [-0.05, 0) is 37.6 Å². The Hall–Kier alpha value is -1.39. The Balaban J connectivity index is 2.25. The van der Waals surface area contributed by atoms with Crippen LogP contribution in [0.2, 0.25) is 0 Å². The van der Waals surface area contributed by atoms with Gasteiger partial charge in [0.2, 0.25) is 0 Å². The highest BCUT2D eigenvalue weighted by Gasteiger charge is 2.01. The molecule has 1 aromatic carbocycles. The van der Waals surface area contributed by atoms with E-state index in [1.807, 2.05) is 31.2 Å². The van der Waals surface area contributed by atoms with Crippen LogP contribution in [-0.4, -0.2) is 32.7 Å². The van der Waals surface area contributed by atoms with Crippen LogP contribution >= 0.6 is 0 Å². The van der Waals surface area contributed by atoms with Gasteiger partial charge in [-0.1, -0.05) is 12.1 Å². The van der Waals surface area contributed by atoms with Crippen molar-refractivity contribution in [2.24, 2.45) is 0 Å². The van der Waals surface area contributed by atoms with Gasteiger partial charge < -0.3 is 15.4 Å². The molecule has 1 aromatic rings. The number of ether oxygens (including phenoxy) is 1. The topological polar surface area (TPSA) is 50.4 Å². The second kappa shape index (κ2) is 8.66. The maximum absolute atomic E-state index is 11.3. The Morgan fingerprint density at radius 1 is 1.28 bits per heavy atom. The van der Waals surface area contributed by atoms with Crippen molar-refractivity contribution in [1.82, 2.24) is 10.6 Å². The second-order valence-electron chi connectivity index (χ2n) is 4.00. The molecule has 0 heterocycles. The third kappa shape index (κ3) is 5.29. The molecular weight excluding hydrogens is 228 g/mol. The van der Waals surface area contributed by atoms with E-state index in [0.29, 0.717) is 5.56 Å². The zero-order chi connectivity index (χ0) is 13.2. The first kappa shape index (κ1) is 14.7. The molecule has 18 heavy (non-hydrogen) atoms. The molecule has 0 saturated carbocycles. The van der Waals surface area contributed by atoms with Gasteiger partial charge in [-0.2, -0.15) is 0 Å². The van der Waals surface area contributed by atoms with Crippen LogP contribution < -0.4 is 10.6 Å². The molecule has 0 spiro atoms. The lowest BCUT2D eigenvalue weighted by atomic mass is 10.1. The molecule has 0 radical (unpaired) electrons. The fourth-order valence-corrected chi connectivity index (χ4v) is 1.59. The number of benzene rings is 1. The number of nitrogens with one attached hydrogen (secondary N) is 2. The van der Waals surface area contributed by atoms with E-state index in [9.17, 15) is 4.79 Å². The smallest absolute Gasteiger partial charge is 0.251 e. The summed E-state index contributed by atoms with van der Waals surface area (Å²) in [5.74, 6) is -0.0498. The zero-order valence-electron chi connectivity index (χ0n) is 11.2. The molecule has 0 unspecified atom stereocenters. The molecule has 100 valence electrons. The summed E-state index contributed by atoms with van der Waals surface area (Å²) < 4.78 is 5.26. The number of carbonyl (C=O) groups excluding carboxylic acids is 1. The Bertz CT molecular complexity index is 349. The lowest BCUT2D eigenvalue weighted by Crippen LogP contribution is -2.18. The van der Waals surface area contributed by atoms with E-state index in [1.54, 1.807) is 7.05 Å². The standard InChI is InChI=1S/C14H22N2O2/c1-3-18-10-4-9-16-11-12-5-7-13(8-6-12)14(17)15-2/h5-8,16H,3-4,9-11H2,1-2H3,(H,15,17). The molecule has 0 aliphatic heterocycles. The van der Waals surface area contributed by atoms with Gasteiger partial charge >= 0.3 is 0 Å². The van der Waals surface area contributed by atoms with Gasteiger partial charge in [-0.25, -0.2) is 0 Å². The first-order valence-corrected chi connectivity index (χ1v) is 6.37. The van der Waals surface area contributed by atoms with Crippen molar-refractivity contribution in [1.29, 1.82) is 0 Å². The summed E-state index contributed by atoms with van der Waals surface area (Å²) in [6.07, 6.45) is 1.02. The summed E-state index contributed by atoms with van der Waals surface area (Å²) in [6, 6.07) is 7.63. The van der Waals surface area contributed by atoms with Crippen molar-refractivity contribution in [2.75, 3.05) is 26.8 Å². The fourth-order valence-electron chi connectivity index (χ4n) is 1.59. The molecule has 1 rings (SSSR count). The van der Waals surface area contributed by atoms with Gasteiger partial charge in [-0.15, -0.1) is 0 Å². The zero-order valence-corrected chi connectivity index (χ0v) is 11.2. The number of rotatable bonds is 8. The molecule has 4 heteroatoms. The predicted octanol–water partition coefficient (Wildman–Crippen LogP) is 1.56. The SMILES string of the molecule is CCOCCCNCc1ccc(C(=O)NC)cc1. The number of carbonyl (C=O) groups is 1. The number of hydrogen-bond donors (Lipinski definition) is 2. The predicted molar refractivity (Wildman–Crippen MR) is 72.6 cm³/mol. The van der Waals surface area contributed by atoms with Gasteiger partial charge in [0, 0.05) is 32.4 Å². The summed E-state index contributed by atoms with van der Waals surface area (Å²) in [4.78, 5) is 11.3. The molecule has 0 saturated heterocycles. The van der Waals surface area contributed by atoms with Crippen LogP contribution in [0.3, 0.4) is 0 Å². The highest BCUT2D eigenvalue weighted by Crippen LogP contribution is 2.04. The van der Waals surface area contributed by atoms with E-state index in [0.717, 1.165) is 32.7 Å². The van der Waals surface area contributed by atoms with Crippen LogP contribution in [0.4, 0.5) is 0 Å². The highest BCUT2D eigenvalue weighted by molar-refractivity contribution is 5.93. The highest BCUT2D eigenvalue weighted by atomic mass is 16.5. The Labute approximate surface area is 109 Å². The fraction of sp³-hybridized carbons (Fsp3) is 0.500. The van der Waals surface area contributed by atoms with Crippen molar-refractivity contribution in [3.05, 3.63) is 35.4 Å². The normalized spacial score (nSPS) is 10.3. The first-order valence-electron chi connectivity index (χ1n) is 6.37. The van der Waals surface area contributed by atoms with Crippen LogP contribution in [0.1, 0.15) is 29.3 Å². The maximum Gasteiger partial charge on any atom is 0.251 e. The maximum atomic E-state index is 11.3. The monoisotopic (exact) mass is 250 g/mol. The first-order chi connectivity index (χ1) is 8.77. The third-order valence-electron chi connectivity index (χ3n) is 2.62. The Morgan fingerprint density at radius 2 is 2.00 bits per heavy atom. The molecule has 4 nitrogen and oxygen atoms in total. The molecule has 0 bridgehead atoms. The minimum atomic E-state index is -0.0498. The van der Waals surface area contributed by atoms with E-state index in [2.05, 4.69) is 10.6 Å². The average Bonchev–Trinajstić information content (AvgIpc) is 2.42. The minimum Gasteiger partial charge on any atom is -0.382 e. The number of amides is 1. The van der Waals surface area contributed by atoms with Crippen LogP contribution in [0.25, 0.3) is 0 Å². The molecular formula is C14H22N2O2. The molecule has 2 N–H and O–H groups in total. The average molecular weight is 250 g/mol. The van der Waals surface area contributed by atoms with Crippen LogP contribution in [-0.2, 0) is 11.3 Å². The molecule has 0 atom stereocenters. The van der Waals surface area contributed by atoms with Crippen molar-refractivity contribution >= 4 is 5.91 Å². The minimum absolute atomic E-state index is 0.0498. The Kier molecular flexibility index (Phi) is 7.06. The van der Waals surface area contributed by atoms with Crippen molar-refractivity contribution in [2.45, 2.75) is 19.9 Å². The van der Waals surface area contributed by atoms with E-state index in [-0.39, 0.29) is 5.91 Å². The van der Waals surface area contributed by atoms with Crippen molar-refractivity contribution < 1.29 is 9.53 Å². The van der Waals surface area contributed by atoms with Crippen molar-refractivity contribution in [3.8, 4) is 0 Å². The summed E-state index contributed by atoms with van der Waals surface area (Å²) in [6.45, 7) is 5.35. The lowest BCUT2D eigenvalue weighted by Gasteiger charge is -2.06. The summed E-state index contributed by atoms with van der Waals surface area (Å²) in [5.41, 5.74) is 1.87. The number of hydrogen-bond acceptors (Lipinski definition) is 3. The molecule has 0 aliphatic carbocycles. The Morgan fingerprint density at radius 3 is 2.61 bits per heavy atom. The summed E-state index contributed by atoms with van der Waals surface area (Å²) in [5, 5.41) is 5.95. The third-order valence-corrected chi connectivity index (χ3v) is 2.62. The summed E-state index contributed by atoms with van der Waals surface area (Å²) in [7, 11) is 1.64. The quantitative estimate of drug-likeness (QED) is 0.688.